The van der Waals surface area contributed by atoms with E-state index in [0.29, 0.717) is 31.5 Å². The summed E-state index contributed by atoms with van der Waals surface area (Å²) in [5.41, 5.74) is 11.9. The lowest BCUT2D eigenvalue weighted by Crippen LogP contribution is -2.44. The van der Waals surface area contributed by atoms with Crippen LogP contribution in [0.1, 0.15) is 95.1 Å². The van der Waals surface area contributed by atoms with Crippen molar-refractivity contribution in [2.24, 2.45) is 11.1 Å². The molecule has 322 valence electrons. The van der Waals surface area contributed by atoms with Gasteiger partial charge >= 0.3 is 11.9 Å². The molecule has 0 saturated heterocycles. The van der Waals surface area contributed by atoms with E-state index in [1.807, 2.05) is 97.1 Å². The standard InChI is InChI=1S/C50H57F2N3O5S/c1-49(2,3)47(44-26-34(40-27-35(51)23-24-42(40)52)29-54(44)28-33-16-8-7-9-17-33)55(45(56)32-61-31-43(53)48(58)60-50(4,5)6)25-15-14-22-46(57)59-30-41-38-20-12-10-18-36(38)37-19-11-13-21-39(37)41/h7-13,16-21,23-24,26-27,29,41,43,47H,14-15,22,25,28,30-32,53H2,1-6H3/t43-,47-/m0/s1. The minimum Gasteiger partial charge on any atom is -0.465 e. The van der Waals surface area contributed by atoms with Gasteiger partial charge in [-0.05, 0) is 91.1 Å². The second-order valence-electron chi connectivity index (χ2n) is 17.8. The Labute approximate surface area is 362 Å². The van der Waals surface area contributed by atoms with Gasteiger partial charge in [0.2, 0.25) is 5.91 Å². The quantitative estimate of drug-likeness (QED) is 0.0734. The largest absolute Gasteiger partial charge is 0.465 e. The van der Waals surface area contributed by atoms with E-state index in [4.69, 9.17) is 15.2 Å². The molecule has 4 aromatic carbocycles. The lowest BCUT2D eigenvalue weighted by atomic mass is 9.83. The molecule has 0 saturated carbocycles. The Morgan fingerprint density at radius 3 is 2.10 bits per heavy atom. The van der Waals surface area contributed by atoms with Crippen LogP contribution in [0.5, 0.6) is 0 Å². The lowest BCUT2D eigenvalue weighted by Gasteiger charge is -2.41. The summed E-state index contributed by atoms with van der Waals surface area (Å²) in [7, 11) is 0. The lowest BCUT2D eigenvalue weighted by molar-refractivity contribution is -0.155. The molecule has 1 heterocycles. The number of amides is 1. The van der Waals surface area contributed by atoms with Crippen LogP contribution >= 0.6 is 11.8 Å². The van der Waals surface area contributed by atoms with Crippen LogP contribution < -0.4 is 5.73 Å². The first kappa shape index (κ1) is 45.3. The summed E-state index contributed by atoms with van der Waals surface area (Å²) in [5.74, 6) is -2.00. The summed E-state index contributed by atoms with van der Waals surface area (Å²) >= 11 is 1.25. The van der Waals surface area contributed by atoms with Crippen LogP contribution in [0.25, 0.3) is 22.3 Å². The first-order valence-electron chi connectivity index (χ1n) is 20.9. The van der Waals surface area contributed by atoms with Crippen molar-refractivity contribution in [3.63, 3.8) is 0 Å². The van der Waals surface area contributed by atoms with E-state index in [9.17, 15) is 18.8 Å². The van der Waals surface area contributed by atoms with Gasteiger partial charge in [0.15, 0.2) is 0 Å². The van der Waals surface area contributed by atoms with Crippen LogP contribution in [0.15, 0.2) is 109 Å². The van der Waals surface area contributed by atoms with Gasteiger partial charge in [-0.15, -0.1) is 11.8 Å². The van der Waals surface area contributed by atoms with Gasteiger partial charge in [0.05, 0.1) is 11.8 Å². The van der Waals surface area contributed by atoms with Crippen molar-refractivity contribution in [3.05, 3.63) is 143 Å². The minimum absolute atomic E-state index is 0.0280. The van der Waals surface area contributed by atoms with Gasteiger partial charge in [-0.2, -0.15) is 0 Å². The highest BCUT2D eigenvalue weighted by molar-refractivity contribution is 8.00. The van der Waals surface area contributed by atoms with Crippen LogP contribution in [-0.4, -0.2) is 63.6 Å². The summed E-state index contributed by atoms with van der Waals surface area (Å²) in [4.78, 5) is 42.3. The Kier molecular flexibility index (Phi) is 14.6. The van der Waals surface area contributed by atoms with Crippen molar-refractivity contribution in [2.75, 3.05) is 24.7 Å². The maximum absolute atomic E-state index is 15.3. The SMILES string of the molecule is CC(C)(C)OC(=O)[C@@H](N)CSCC(=O)N(CCCCC(=O)OCC1c2ccccc2-c2ccccc21)[C@@H](c1cc(-c2cc(F)ccc2F)cn1Cc1ccccc1)C(C)(C)C. The number of carbonyl (C=O) groups is 3. The van der Waals surface area contributed by atoms with E-state index in [-0.39, 0.29) is 47.9 Å². The molecule has 0 spiro atoms. The summed E-state index contributed by atoms with van der Waals surface area (Å²) in [6.07, 6.45) is 2.95. The highest BCUT2D eigenvalue weighted by atomic mass is 32.2. The number of rotatable bonds is 17. The van der Waals surface area contributed by atoms with Crippen molar-refractivity contribution in [1.29, 1.82) is 0 Å². The summed E-state index contributed by atoms with van der Waals surface area (Å²) in [6.45, 7) is 12.4. The number of nitrogens with zero attached hydrogens (tertiary/aromatic N) is 2. The number of halogens is 2. The number of nitrogens with two attached hydrogens (primary N) is 1. The third-order valence-electron chi connectivity index (χ3n) is 10.7. The molecular formula is C50H57F2N3O5S. The van der Waals surface area contributed by atoms with Crippen molar-refractivity contribution in [1.82, 2.24) is 9.47 Å². The number of unbranched alkanes of at least 4 members (excludes halogenated alkanes) is 1. The molecule has 1 aromatic heterocycles. The van der Waals surface area contributed by atoms with Crippen molar-refractivity contribution in [3.8, 4) is 22.3 Å². The Bertz CT molecular complexity index is 2270. The van der Waals surface area contributed by atoms with E-state index < -0.39 is 40.7 Å². The number of hydrogen-bond acceptors (Lipinski definition) is 7. The van der Waals surface area contributed by atoms with E-state index in [2.05, 4.69) is 24.3 Å². The van der Waals surface area contributed by atoms with Crippen LogP contribution in [0.3, 0.4) is 0 Å². The molecular weight excluding hydrogens is 793 g/mol. The maximum Gasteiger partial charge on any atom is 0.324 e. The molecule has 1 aliphatic carbocycles. The first-order chi connectivity index (χ1) is 29.0. The fourth-order valence-electron chi connectivity index (χ4n) is 8.05. The van der Waals surface area contributed by atoms with Gasteiger partial charge in [-0.25, -0.2) is 8.78 Å². The molecule has 61 heavy (non-hydrogen) atoms. The first-order valence-corrected chi connectivity index (χ1v) is 22.0. The molecule has 11 heteroatoms. The van der Waals surface area contributed by atoms with Gasteiger partial charge in [-0.1, -0.05) is 99.6 Å². The topological polar surface area (TPSA) is 104 Å². The number of ether oxygens (including phenoxy) is 2. The number of fused-ring (bicyclic) bond motifs is 3. The zero-order valence-corrected chi connectivity index (χ0v) is 36.8. The number of esters is 2. The highest BCUT2D eigenvalue weighted by Gasteiger charge is 2.37. The average Bonchev–Trinajstić information content (AvgIpc) is 3.76. The fourth-order valence-corrected chi connectivity index (χ4v) is 8.90. The zero-order valence-electron chi connectivity index (χ0n) is 36.0. The van der Waals surface area contributed by atoms with Crippen molar-refractivity contribution < 1.29 is 32.6 Å². The van der Waals surface area contributed by atoms with Crippen LogP contribution in [0.2, 0.25) is 0 Å². The minimum atomic E-state index is -0.923. The summed E-state index contributed by atoms with van der Waals surface area (Å²) in [6, 6.07) is 30.0. The number of aromatic nitrogens is 1. The van der Waals surface area contributed by atoms with E-state index in [1.165, 1.54) is 17.8 Å². The Morgan fingerprint density at radius 1 is 0.820 bits per heavy atom. The number of carbonyl (C=O) groups excluding carboxylic acids is 3. The monoisotopic (exact) mass is 849 g/mol. The normalized spacial score (nSPS) is 13.6. The van der Waals surface area contributed by atoms with E-state index in [1.54, 1.807) is 20.8 Å². The molecule has 0 bridgehead atoms. The zero-order chi connectivity index (χ0) is 43.9. The molecule has 2 atom stereocenters. The predicted octanol–water partition coefficient (Wildman–Crippen LogP) is 10.3. The van der Waals surface area contributed by atoms with Crippen LogP contribution in [0.4, 0.5) is 8.78 Å². The molecule has 0 unspecified atom stereocenters. The molecule has 1 amide bonds. The molecule has 8 nitrogen and oxygen atoms in total. The molecule has 2 N–H and O–H groups in total. The Hall–Kier alpha value is -5.26. The number of thioether (sulfide) groups is 1. The molecule has 6 rings (SSSR count). The smallest absolute Gasteiger partial charge is 0.324 e. The third kappa shape index (κ3) is 11.6. The second kappa shape index (κ2) is 19.6. The van der Waals surface area contributed by atoms with Gasteiger partial charge in [-0.3, -0.25) is 14.4 Å². The molecule has 0 radical (unpaired) electrons. The molecule has 0 fully saturated rings. The van der Waals surface area contributed by atoms with Crippen LogP contribution in [0, 0.1) is 17.0 Å². The average molecular weight is 850 g/mol. The Morgan fingerprint density at radius 2 is 1.46 bits per heavy atom. The molecule has 0 aliphatic heterocycles. The molecule has 1 aliphatic rings. The van der Waals surface area contributed by atoms with Crippen molar-refractivity contribution >= 4 is 29.6 Å². The predicted molar refractivity (Wildman–Crippen MR) is 239 cm³/mol. The van der Waals surface area contributed by atoms with Gasteiger partial charge in [0, 0.05) is 54.2 Å². The summed E-state index contributed by atoms with van der Waals surface area (Å²) < 4.78 is 43.2. The van der Waals surface area contributed by atoms with Gasteiger partial charge in [0.1, 0.15) is 29.9 Å². The highest BCUT2D eigenvalue weighted by Crippen LogP contribution is 2.45. The van der Waals surface area contributed by atoms with Gasteiger partial charge < -0.3 is 24.7 Å². The van der Waals surface area contributed by atoms with E-state index in [0.717, 1.165) is 45.6 Å². The number of hydrogen-bond donors (Lipinski definition) is 1. The fraction of sp³-hybridized carbons (Fsp3) is 0.380. The van der Waals surface area contributed by atoms with E-state index >= 15 is 4.39 Å². The maximum atomic E-state index is 15.3. The summed E-state index contributed by atoms with van der Waals surface area (Å²) in [5, 5.41) is 0. The van der Waals surface area contributed by atoms with Crippen LogP contribution in [-0.2, 0) is 30.4 Å². The van der Waals surface area contributed by atoms with Gasteiger partial charge in [0.25, 0.3) is 0 Å². The van der Waals surface area contributed by atoms with Crippen molar-refractivity contribution in [2.45, 2.75) is 91.0 Å². The number of benzene rings is 4. The third-order valence-corrected chi connectivity index (χ3v) is 11.8. The molecule has 5 aromatic rings. The second-order valence-corrected chi connectivity index (χ2v) is 18.8. The Balaban J connectivity index is 1.23.